The maximum atomic E-state index is 6.72. The Hall–Kier alpha value is -1.87. The summed E-state index contributed by atoms with van der Waals surface area (Å²) in [5.74, 6) is 1.38. The van der Waals surface area contributed by atoms with Gasteiger partial charge in [-0.2, -0.15) is 5.10 Å². The minimum Gasteiger partial charge on any atom is -0.491 e. The Balaban J connectivity index is 1.57. The van der Waals surface area contributed by atoms with Crippen molar-refractivity contribution in [3.05, 3.63) is 23.2 Å². The van der Waals surface area contributed by atoms with Gasteiger partial charge in [-0.25, -0.2) is 4.98 Å². The maximum Gasteiger partial charge on any atom is 0.140 e. The lowest BCUT2D eigenvalue weighted by molar-refractivity contribution is 0.0322. The second-order valence-corrected chi connectivity index (χ2v) is 8.77. The molecule has 0 amide bonds. The van der Waals surface area contributed by atoms with Gasteiger partial charge in [0, 0.05) is 43.7 Å². The lowest BCUT2D eigenvalue weighted by Gasteiger charge is -2.26. The van der Waals surface area contributed by atoms with Crippen molar-refractivity contribution >= 4 is 45.5 Å². The van der Waals surface area contributed by atoms with Crippen molar-refractivity contribution in [3.63, 3.8) is 0 Å². The standard InChI is InChI=1S/C21H25ClN4O3S/c1-14(2)29-17-13-19(30-18-5-6-23-25-18)24-21-15(17)3-4-16(20(21)22)28-12-9-26-7-10-27-11-8-26/h3-4,6,13-14H,5,7-12H2,1-2H3. The highest BCUT2D eigenvalue weighted by Gasteiger charge is 2.17. The molecule has 0 spiro atoms. The van der Waals surface area contributed by atoms with Crippen molar-refractivity contribution in [2.45, 2.75) is 31.4 Å². The fraction of sp³-hybridized carbons (Fsp3) is 0.476. The van der Waals surface area contributed by atoms with Crippen molar-refractivity contribution < 1.29 is 14.2 Å². The van der Waals surface area contributed by atoms with Gasteiger partial charge in [0.05, 0.1) is 24.8 Å². The predicted octanol–water partition coefficient (Wildman–Crippen LogP) is 4.27. The maximum absolute atomic E-state index is 6.72. The number of pyridine rings is 1. The summed E-state index contributed by atoms with van der Waals surface area (Å²) in [6.45, 7) is 8.80. The quantitative estimate of drug-likeness (QED) is 0.630. The van der Waals surface area contributed by atoms with Crippen molar-refractivity contribution in [2.75, 3.05) is 39.5 Å². The third-order valence-corrected chi connectivity index (χ3v) is 5.96. The highest BCUT2D eigenvalue weighted by Crippen LogP contribution is 2.38. The van der Waals surface area contributed by atoms with Crippen LogP contribution >= 0.6 is 23.4 Å². The highest BCUT2D eigenvalue weighted by atomic mass is 35.5. The van der Waals surface area contributed by atoms with Gasteiger partial charge in [0.1, 0.15) is 33.2 Å². The number of nitrogens with zero attached hydrogens (tertiary/aromatic N) is 4. The topological polar surface area (TPSA) is 68.5 Å². The van der Waals surface area contributed by atoms with Gasteiger partial charge in [-0.1, -0.05) is 23.4 Å². The van der Waals surface area contributed by atoms with E-state index in [1.54, 1.807) is 6.21 Å². The molecule has 1 fully saturated rings. The Morgan fingerprint density at radius 3 is 2.80 bits per heavy atom. The van der Waals surface area contributed by atoms with Crippen LogP contribution in [-0.2, 0) is 4.74 Å². The summed E-state index contributed by atoms with van der Waals surface area (Å²) in [6.07, 6.45) is 2.52. The first-order valence-corrected chi connectivity index (χ1v) is 11.3. The van der Waals surface area contributed by atoms with Crippen LogP contribution in [0.3, 0.4) is 0 Å². The predicted molar refractivity (Wildman–Crippen MR) is 122 cm³/mol. The Bertz CT molecular complexity index is 961. The van der Waals surface area contributed by atoms with Crippen molar-refractivity contribution in [1.82, 2.24) is 9.88 Å². The lowest BCUT2D eigenvalue weighted by Crippen LogP contribution is -2.38. The third-order valence-electron chi connectivity index (χ3n) is 4.69. The molecular weight excluding hydrogens is 424 g/mol. The van der Waals surface area contributed by atoms with E-state index in [2.05, 4.69) is 15.1 Å². The van der Waals surface area contributed by atoms with Crippen LogP contribution in [0.1, 0.15) is 20.3 Å². The summed E-state index contributed by atoms with van der Waals surface area (Å²) in [4.78, 5) is 7.10. The van der Waals surface area contributed by atoms with E-state index >= 15 is 0 Å². The van der Waals surface area contributed by atoms with Crippen molar-refractivity contribution in [2.24, 2.45) is 10.2 Å². The average Bonchev–Trinajstić information content (AvgIpc) is 3.23. The first kappa shape index (κ1) is 21.4. The fourth-order valence-electron chi connectivity index (χ4n) is 3.26. The Morgan fingerprint density at radius 2 is 2.07 bits per heavy atom. The van der Waals surface area contributed by atoms with Gasteiger partial charge < -0.3 is 14.2 Å². The molecule has 0 radical (unpaired) electrons. The largest absolute Gasteiger partial charge is 0.491 e. The van der Waals surface area contributed by atoms with Crippen LogP contribution in [-0.4, -0.2) is 66.7 Å². The van der Waals surface area contributed by atoms with Crippen molar-refractivity contribution in [3.8, 4) is 11.5 Å². The molecule has 0 aliphatic carbocycles. The number of aromatic nitrogens is 1. The molecule has 0 atom stereocenters. The molecule has 3 heterocycles. The Kier molecular flexibility index (Phi) is 7.09. The summed E-state index contributed by atoms with van der Waals surface area (Å²) < 4.78 is 17.4. The van der Waals surface area contributed by atoms with E-state index in [0.717, 1.165) is 54.1 Å². The van der Waals surface area contributed by atoms with E-state index < -0.39 is 0 Å². The van der Waals surface area contributed by atoms with E-state index in [-0.39, 0.29) is 6.10 Å². The molecule has 4 rings (SSSR count). The van der Waals surface area contributed by atoms with Gasteiger partial charge in [-0.15, -0.1) is 5.10 Å². The molecule has 1 aromatic carbocycles. The van der Waals surface area contributed by atoms with Gasteiger partial charge in [-0.3, -0.25) is 4.90 Å². The number of ether oxygens (including phenoxy) is 3. The molecule has 0 bridgehead atoms. The first-order valence-electron chi connectivity index (χ1n) is 10.1. The van der Waals surface area contributed by atoms with Gasteiger partial charge in [-0.05, 0) is 26.0 Å². The molecule has 1 aromatic heterocycles. The third kappa shape index (κ3) is 5.24. The zero-order valence-electron chi connectivity index (χ0n) is 17.1. The minimum absolute atomic E-state index is 0.0313. The van der Waals surface area contributed by atoms with E-state index in [0.29, 0.717) is 29.3 Å². The molecule has 7 nitrogen and oxygen atoms in total. The van der Waals surface area contributed by atoms with Crippen LogP contribution < -0.4 is 9.47 Å². The normalized spacial score (nSPS) is 17.0. The fourth-order valence-corrected chi connectivity index (χ4v) is 4.31. The Morgan fingerprint density at radius 1 is 1.23 bits per heavy atom. The molecule has 2 aromatic rings. The lowest BCUT2D eigenvalue weighted by atomic mass is 10.2. The minimum atomic E-state index is 0.0313. The number of morpholine rings is 1. The van der Waals surface area contributed by atoms with Gasteiger partial charge in [0.25, 0.3) is 0 Å². The highest BCUT2D eigenvalue weighted by molar-refractivity contribution is 8.14. The molecule has 0 saturated carbocycles. The van der Waals surface area contributed by atoms with Crippen molar-refractivity contribution in [1.29, 1.82) is 0 Å². The first-order chi connectivity index (χ1) is 14.6. The Labute approximate surface area is 185 Å². The summed E-state index contributed by atoms with van der Waals surface area (Å²) in [6, 6.07) is 5.78. The molecule has 1 saturated heterocycles. The SMILES string of the molecule is CC(C)Oc1cc(SC2=NN=CC2)nc2c(Cl)c(OCCN3CCOCC3)ccc12. The molecule has 30 heavy (non-hydrogen) atoms. The second-order valence-electron chi connectivity index (χ2n) is 7.30. The van der Waals surface area contributed by atoms with Crippen LogP contribution in [0.25, 0.3) is 10.9 Å². The van der Waals surface area contributed by atoms with E-state index in [4.69, 9.17) is 30.8 Å². The van der Waals surface area contributed by atoms with Gasteiger partial charge in [0.2, 0.25) is 0 Å². The zero-order chi connectivity index (χ0) is 20.9. The average molecular weight is 449 g/mol. The molecule has 2 aliphatic heterocycles. The molecule has 160 valence electrons. The molecule has 0 N–H and O–H groups in total. The summed E-state index contributed by atoms with van der Waals surface area (Å²) in [5.41, 5.74) is 0.667. The van der Waals surface area contributed by atoms with E-state index in [9.17, 15) is 0 Å². The second kappa shape index (κ2) is 9.96. The molecule has 9 heteroatoms. The summed E-state index contributed by atoms with van der Waals surface area (Å²) in [5, 5.41) is 11.1. The summed E-state index contributed by atoms with van der Waals surface area (Å²) >= 11 is 8.19. The van der Waals surface area contributed by atoms with Crippen LogP contribution in [0, 0.1) is 0 Å². The van der Waals surface area contributed by atoms with Crippen LogP contribution in [0.5, 0.6) is 11.5 Å². The van der Waals surface area contributed by atoms with Crippen LogP contribution in [0.2, 0.25) is 5.02 Å². The number of benzene rings is 1. The number of hydrogen-bond donors (Lipinski definition) is 0. The smallest absolute Gasteiger partial charge is 0.140 e. The van der Waals surface area contributed by atoms with E-state index in [1.807, 2.05) is 32.0 Å². The molecule has 2 aliphatic rings. The number of thioether (sulfide) groups is 1. The van der Waals surface area contributed by atoms with E-state index in [1.165, 1.54) is 11.8 Å². The van der Waals surface area contributed by atoms with Crippen LogP contribution in [0.4, 0.5) is 0 Å². The van der Waals surface area contributed by atoms with Crippen LogP contribution in [0.15, 0.2) is 33.4 Å². The molecular formula is C21H25ClN4O3S. The number of rotatable bonds is 7. The van der Waals surface area contributed by atoms with Gasteiger partial charge in [0.15, 0.2) is 0 Å². The monoisotopic (exact) mass is 448 g/mol. The molecule has 0 unspecified atom stereocenters. The number of fused-ring (bicyclic) bond motifs is 1. The zero-order valence-corrected chi connectivity index (χ0v) is 18.7. The van der Waals surface area contributed by atoms with Gasteiger partial charge >= 0.3 is 0 Å². The number of hydrogen-bond acceptors (Lipinski definition) is 8. The number of halogens is 1. The summed E-state index contributed by atoms with van der Waals surface area (Å²) in [7, 11) is 0.